The Morgan fingerprint density at radius 3 is 2.41 bits per heavy atom. The lowest BCUT2D eigenvalue weighted by atomic mass is 10.1. The maximum Gasteiger partial charge on any atom is 0.131 e. The second kappa shape index (κ2) is 5.39. The molecule has 2 aromatic rings. The zero-order chi connectivity index (χ0) is 12.3. The van der Waals surface area contributed by atoms with E-state index in [2.05, 4.69) is 4.98 Å². The number of ether oxygens (including phenoxy) is 1. The maximum absolute atomic E-state index is 5.89. The molecule has 1 aromatic carbocycles. The van der Waals surface area contributed by atoms with E-state index in [1.807, 2.05) is 31.2 Å². The Hall–Kier alpha value is -1.25. The maximum atomic E-state index is 5.89. The van der Waals surface area contributed by atoms with Crippen LogP contribution in [0.1, 0.15) is 6.92 Å². The van der Waals surface area contributed by atoms with E-state index < -0.39 is 0 Å². The number of halogens is 2. The largest absolute Gasteiger partial charge is 0.493 e. The van der Waals surface area contributed by atoms with Crippen LogP contribution in [0.5, 0.6) is 5.75 Å². The first-order valence-corrected chi connectivity index (χ1v) is 6.01. The van der Waals surface area contributed by atoms with Gasteiger partial charge >= 0.3 is 0 Å². The molecule has 2 nitrogen and oxygen atoms in total. The fourth-order valence-electron chi connectivity index (χ4n) is 1.61. The summed E-state index contributed by atoms with van der Waals surface area (Å²) in [7, 11) is 0. The van der Waals surface area contributed by atoms with Crippen molar-refractivity contribution in [1.82, 2.24) is 4.98 Å². The minimum absolute atomic E-state index is 0.374. The van der Waals surface area contributed by atoms with E-state index in [4.69, 9.17) is 27.9 Å². The van der Waals surface area contributed by atoms with Gasteiger partial charge in [0.05, 0.1) is 6.61 Å². The Kier molecular flexibility index (Phi) is 3.87. The van der Waals surface area contributed by atoms with Crippen molar-refractivity contribution in [3.05, 3.63) is 46.7 Å². The third-order valence-corrected chi connectivity index (χ3v) is 2.65. The smallest absolute Gasteiger partial charge is 0.131 e. The van der Waals surface area contributed by atoms with Gasteiger partial charge in [-0.15, -0.1) is 0 Å². The van der Waals surface area contributed by atoms with Gasteiger partial charge in [0.25, 0.3) is 0 Å². The van der Waals surface area contributed by atoms with E-state index in [1.54, 1.807) is 12.1 Å². The summed E-state index contributed by atoms with van der Waals surface area (Å²) in [6.45, 7) is 2.56. The quantitative estimate of drug-likeness (QED) is 0.767. The van der Waals surface area contributed by atoms with Crippen LogP contribution in [-0.2, 0) is 0 Å². The van der Waals surface area contributed by atoms with Crippen LogP contribution < -0.4 is 4.74 Å². The Balaban J connectivity index is 2.51. The molecule has 0 bridgehead atoms. The lowest BCUT2D eigenvalue weighted by molar-refractivity contribution is 0.341. The van der Waals surface area contributed by atoms with E-state index >= 15 is 0 Å². The Morgan fingerprint density at radius 1 is 1.12 bits per heavy atom. The number of aromatic nitrogens is 1. The minimum atomic E-state index is 0.374. The van der Waals surface area contributed by atoms with Crippen molar-refractivity contribution in [2.24, 2.45) is 0 Å². The number of hydrogen-bond acceptors (Lipinski definition) is 2. The van der Waals surface area contributed by atoms with Crippen LogP contribution in [0.2, 0.25) is 10.3 Å². The zero-order valence-corrected chi connectivity index (χ0v) is 10.8. The highest BCUT2D eigenvalue weighted by Gasteiger charge is 2.07. The molecular weight excluding hydrogens is 257 g/mol. The topological polar surface area (TPSA) is 22.1 Å². The average molecular weight is 268 g/mol. The number of para-hydroxylation sites is 1. The predicted molar refractivity (Wildman–Crippen MR) is 70.9 cm³/mol. The highest BCUT2D eigenvalue weighted by Crippen LogP contribution is 2.32. The molecule has 0 N–H and O–H groups in total. The summed E-state index contributed by atoms with van der Waals surface area (Å²) in [5.41, 5.74) is 1.86. The van der Waals surface area contributed by atoms with Gasteiger partial charge in [0.15, 0.2) is 0 Å². The Labute approximate surface area is 110 Å². The minimum Gasteiger partial charge on any atom is -0.493 e. The normalized spacial score (nSPS) is 10.3. The summed E-state index contributed by atoms with van der Waals surface area (Å²) in [6.07, 6.45) is 0. The summed E-state index contributed by atoms with van der Waals surface area (Å²) in [5, 5.41) is 0.748. The van der Waals surface area contributed by atoms with E-state index in [1.165, 1.54) is 0 Å². The number of benzene rings is 1. The molecule has 0 saturated carbocycles. The second-order valence-electron chi connectivity index (χ2n) is 3.43. The summed E-state index contributed by atoms with van der Waals surface area (Å²) in [4.78, 5) is 3.93. The van der Waals surface area contributed by atoms with Gasteiger partial charge in [-0.3, -0.25) is 0 Å². The third kappa shape index (κ3) is 2.90. The number of pyridine rings is 1. The first-order chi connectivity index (χ1) is 8.20. The van der Waals surface area contributed by atoms with Gasteiger partial charge in [0, 0.05) is 5.56 Å². The van der Waals surface area contributed by atoms with Crippen molar-refractivity contribution in [2.75, 3.05) is 6.61 Å². The van der Waals surface area contributed by atoms with Crippen LogP contribution in [0, 0.1) is 0 Å². The molecule has 0 radical (unpaired) electrons. The zero-order valence-electron chi connectivity index (χ0n) is 9.28. The number of nitrogens with zero attached hydrogens (tertiary/aromatic N) is 1. The van der Waals surface area contributed by atoms with Crippen molar-refractivity contribution in [3.8, 4) is 16.9 Å². The first-order valence-electron chi connectivity index (χ1n) is 5.26. The van der Waals surface area contributed by atoms with E-state index in [-0.39, 0.29) is 0 Å². The standard InChI is InChI=1S/C13H11Cl2NO/c1-2-17-11-6-4-3-5-10(11)9-7-12(14)16-13(15)8-9/h3-8H,2H2,1H3. The van der Waals surface area contributed by atoms with Gasteiger partial charge in [-0.1, -0.05) is 41.4 Å². The highest BCUT2D eigenvalue weighted by atomic mass is 35.5. The van der Waals surface area contributed by atoms with Gasteiger partial charge in [-0.05, 0) is 30.7 Å². The van der Waals surface area contributed by atoms with Crippen LogP contribution in [0.25, 0.3) is 11.1 Å². The molecule has 0 aliphatic carbocycles. The van der Waals surface area contributed by atoms with Gasteiger partial charge in [0.1, 0.15) is 16.1 Å². The molecular formula is C13H11Cl2NO. The predicted octanol–water partition coefficient (Wildman–Crippen LogP) is 4.45. The summed E-state index contributed by atoms with van der Waals surface area (Å²) in [5.74, 6) is 0.813. The summed E-state index contributed by atoms with van der Waals surface area (Å²) >= 11 is 11.8. The molecule has 0 spiro atoms. The molecule has 1 heterocycles. The van der Waals surface area contributed by atoms with Crippen molar-refractivity contribution in [3.63, 3.8) is 0 Å². The van der Waals surface area contributed by atoms with E-state index in [9.17, 15) is 0 Å². The molecule has 0 atom stereocenters. The molecule has 0 amide bonds. The van der Waals surface area contributed by atoms with Gasteiger partial charge in [-0.2, -0.15) is 0 Å². The Bertz CT molecular complexity index is 508. The van der Waals surface area contributed by atoms with Crippen molar-refractivity contribution >= 4 is 23.2 Å². The highest BCUT2D eigenvalue weighted by molar-refractivity contribution is 6.32. The lowest BCUT2D eigenvalue weighted by Crippen LogP contribution is -1.94. The number of rotatable bonds is 3. The van der Waals surface area contributed by atoms with E-state index in [0.717, 1.165) is 16.9 Å². The Morgan fingerprint density at radius 2 is 1.76 bits per heavy atom. The molecule has 0 aliphatic rings. The second-order valence-corrected chi connectivity index (χ2v) is 4.20. The molecule has 1 aromatic heterocycles. The molecule has 0 unspecified atom stereocenters. The number of hydrogen-bond donors (Lipinski definition) is 0. The van der Waals surface area contributed by atoms with Crippen LogP contribution in [0.4, 0.5) is 0 Å². The fourth-order valence-corrected chi connectivity index (χ4v) is 2.07. The monoisotopic (exact) mass is 267 g/mol. The van der Waals surface area contributed by atoms with Crippen LogP contribution >= 0.6 is 23.2 Å². The fraction of sp³-hybridized carbons (Fsp3) is 0.154. The molecule has 0 fully saturated rings. The lowest BCUT2D eigenvalue weighted by Gasteiger charge is -2.10. The summed E-state index contributed by atoms with van der Waals surface area (Å²) in [6, 6.07) is 11.3. The summed E-state index contributed by atoms with van der Waals surface area (Å²) < 4.78 is 5.56. The van der Waals surface area contributed by atoms with Gasteiger partial charge < -0.3 is 4.74 Å². The van der Waals surface area contributed by atoms with Crippen molar-refractivity contribution in [1.29, 1.82) is 0 Å². The van der Waals surface area contributed by atoms with Crippen LogP contribution in [-0.4, -0.2) is 11.6 Å². The van der Waals surface area contributed by atoms with Crippen molar-refractivity contribution < 1.29 is 4.74 Å². The molecule has 4 heteroatoms. The SMILES string of the molecule is CCOc1ccccc1-c1cc(Cl)nc(Cl)c1. The average Bonchev–Trinajstić information content (AvgIpc) is 2.29. The van der Waals surface area contributed by atoms with E-state index in [0.29, 0.717) is 16.9 Å². The van der Waals surface area contributed by atoms with Crippen molar-refractivity contribution in [2.45, 2.75) is 6.92 Å². The molecule has 2 rings (SSSR count). The first kappa shape index (κ1) is 12.2. The third-order valence-electron chi connectivity index (χ3n) is 2.26. The van der Waals surface area contributed by atoms with Gasteiger partial charge in [0.2, 0.25) is 0 Å². The van der Waals surface area contributed by atoms with Crippen LogP contribution in [0.3, 0.4) is 0 Å². The molecule has 0 aliphatic heterocycles. The molecule has 0 saturated heterocycles. The molecule has 88 valence electrons. The van der Waals surface area contributed by atoms with Crippen LogP contribution in [0.15, 0.2) is 36.4 Å². The molecule has 17 heavy (non-hydrogen) atoms. The van der Waals surface area contributed by atoms with Gasteiger partial charge in [-0.25, -0.2) is 4.98 Å².